The molecule has 0 aliphatic carbocycles. The second-order valence-electron chi connectivity index (χ2n) is 7.65. The number of aryl methyl sites for hydroxylation is 1. The molecule has 0 saturated carbocycles. The van der Waals surface area contributed by atoms with E-state index in [-0.39, 0.29) is 41.8 Å². The number of H-pyrrole nitrogens is 1. The number of nitrogens with zero attached hydrogens (tertiary/aromatic N) is 2. The second-order valence-corrected chi connectivity index (χ2v) is 7.65. The number of aromatic amines is 1. The number of alkyl halides is 3. The molecule has 0 fully saturated rings. The molecule has 1 aromatic carbocycles. The Bertz CT molecular complexity index is 1140. The summed E-state index contributed by atoms with van der Waals surface area (Å²) in [5.74, 6) is -4.09. The summed E-state index contributed by atoms with van der Waals surface area (Å²) in [6, 6.07) is 4.33. The number of hydrogen-bond donors (Lipinski definition) is 2. The predicted molar refractivity (Wildman–Crippen MR) is 117 cm³/mol. The van der Waals surface area contributed by atoms with Gasteiger partial charge in [0, 0.05) is 23.3 Å². The number of carbonyl (C=O) groups excluding carboxylic acids is 2. The SMILES string of the molecule is CCOC(=O)C1=C(C)N(c2cccc(C(F)(F)F)c2)C(=N)C(C(=O)OCC)C1c1ncc(C)[nH]1. The molecular weight excluding hydrogens is 453 g/mol. The van der Waals surface area contributed by atoms with Gasteiger partial charge in [-0.05, 0) is 45.9 Å². The number of amidine groups is 1. The number of aromatic nitrogens is 2. The molecular formula is C23H25F3N4O4. The number of hydrogen-bond acceptors (Lipinski definition) is 6. The Morgan fingerprint density at radius 1 is 1.18 bits per heavy atom. The van der Waals surface area contributed by atoms with Crippen molar-refractivity contribution in [2.24, 2.45) is 5.92 Å². The fourth-order valence-corrected chi connectivity index (χ4v) is 3.99. The second kappa shape index (κ2) is 9.70. The smallest absolute Gasteiger partial charge is 0.416 e. The van der Waals surface area contributed by atoms with Crippen LogP contribution < -0.4 is 4.90 Å². The first-order chi connectivity index (χ1) is 16.0. The van der Waals surface area contributed by atoms with Gasteiger partial charge in [-0.1, -0.05) is 6.07 Å². The highest BCUT2D eigenvalue weighted by molar-refractivity contribution is 6.14. The zero-order chi connectivity index (χ0) is 25.2. The molecule has 0 radical (unpaired) electrons. The Kier molecular flexibility index (Phi) is 7.13. The standard InChI is InChI=1S/C23H25F3N4O4/c1-5-33-21(31)16-13(4)30(15-9-7-8-14(10-15)23(24,25)26)19(27)18(22(32)34-6-2)17(16)20-28-11-12(3)29-20/h7-11,17-18,27H,5-6H2,1-4H3,(H,28,29). The van der Waals surface area contributed by atoms with Gasteiger partial charge in [0.2, 0.25) is 0 Å². The molecule has 0 saturated heterocycles. The lowest BCUT2D eigenvalue weighted by Crippen LogP contribution is -2.48. The molecule has 1 aromatic heterocycles. The minimum Gasteiger partial charge on any atom is -0.465 e. The zero-order valence-electron chi connectivity index (χ0n) is 19.1. The van der Waals surface area contributed by atoms with E-state index in [1.54, 1.807) is 20.8 Å². The Balaban J connectivity index is 2.29. The average molecular weight is 478 g/mol. The largest absolute Gasteiger partial charge is 0.465 e. The van der Waals surface area contributed by atoms with Gasteiger partial charge in [0.1, 0.15) is 17.6 Å². The van der Waals surface area contributed by atoms with Gasteiger partial charge in [-0.15, -0.1) is 0 Å². The third kappa shape index (κ3) is 4.68. The lowest BCUT2D eigenvalue weighted by atomic mass is 9.79. The van der Waals surface area contributed by atoms with E-state index in [2.05, 4.69) is 9.97 Å². The highest BCUT2D eigenvalue weighted by atomic mass is 19.4. The van der Waals surface area contributed by atoms with Crippen molar-refractivity contribution >= 4 is 23.5 Å². The van der Waals surface area contributed by atoms with Crippen molar-refractivity contribution in [3.63, 3.8) is 0 Å². The minimum absolute atomic E-state index is 0.00247. The molecule has 0 spiro atoms. The van der Waals surface area contributed by atoms with Crippen LogP contribution in [0.3, 0.4) is 0 Å². The lowest BCUT2D eigenvalue weighted by molar-refractivity contribution is -0.146. The van der Waals surface area contributed by atoms with Crippen LogP contribution in [0.4, 0.5) is 18.9 Å². The maximum atomic E-state index is 13.4. The molecule has 2 aromatic rings. The summed E-state index contributed by atoms with van der Waals surface area (Å²) >= 11 is 0. The monoisotopic (exact) mass is 478 g/mol. The number of nitrogens with one attached hydrogen (secondary N) is 2. The minimum atomic E-state index is -4.62. The molecule has 0 amide bonds. The molecule has 3 rings (SSSR count). The van der Waals surface area contributed by atoms with Gasteiger partial charge in [0.25, 0.3) is 0 Å². The van der Waals surface area contributed by atoms with Crippen LogP contribution in [-0.4, -0.2) is 41.0 Å². The number of allylic oxidation sites excluding steroid dienone is 1. The Labute approximate surface area is 194 Å². The number of anilines is 1. The van der Waals surface area contributed by atoms with Crippen LogP contribution in [0.25, 0.3) is 0 Å². The van der Waals surface area contributed by atoms with Gasteiger partial charge in [0.15, 0.2) is 0 Å². The molecule has 0 bridgehead atoms. The number of rotatable bonds is 6. The maximum Gasteiger partial charge on any atom is 0.416 e. The molecule has 182 valence electrons. The molecule has 1 aliphatic heterocycles. The number of benzene rings is 1. The molecule has 2 atom stereocenters. The van der Waals surface area contributed by atoms with E-state index in [9.17, 15) is 22.8 Å². The van der Waals surface area contributed by atoms with Gasteiger partial charge < -0.3 is 19.4 Å². The van der Waals surface area contributed by atoms with Crippen molar-refractivity contribution < 1.29 is 32.2 Å². The molecule has 1 aliphatic rings. The van der Waals surface area contributed by atoms with Crippen LogP contribution in [0.2, 0.25) is 0 Å². The van der Waals surface area contributed by atoms with E-state index < -0.39 is 35.5 Å². The molecule has 2 heterocycles. The van der Waals surface area contributed by atoms with Crippen molar-refractivity contribution in [3.05, 3.63) is 58.8 Å². The Morgan fingerprint density at radius 2 is 1.85 bits per heavy atom. The molecule has 34 heavy (non-hydrogen) atoms. The average Bonchev–Trinajstić information content (AvgIpc) is 3.19. The summed E-state index contributed by atoms with van der Waals surface area (Å²) in [6.45, 7) is 6.47. The molecule has 11 heteroatoms. The summed E-state index contributed by atoms with van der Waals surface area (Å²) in [4.78, 5) is 34.5. The molecule has 8 nitrogen and oxygen atoms in total. The van der Waals surface area contributed by atoms with Crippen molar-refractivity contribution in [2.75, 3.05) is 18.1 Å². The van der Waals surface area contributed by atoms with Gasteiger partial charge in [-0.2, -0.15) is 13.2 Å². The first-order valence-corrected chi connectivity index (χ1v) is 10.6. The third-order valence-corrected chi connectivity index (χ3v) is 5.39. The topological polar surface area (TPSA) is 108 Å². The predicted octanol–water partition coefficient (Wildman–Crippen LogP) is 4.33. The quantitative estimate of drug-likeness (QED) is 0.598. The number of halogens is 3. The van der Waals surface area contributed by atoms with Crippen LogP contribution in [0, 0.1) is 18.3 Å². The number of ether oxygens (including phenoxy) is 2. The molecule has 2 N–H and O–H groups in total. The van der Waals surface area contributed by atoms with Gasteiger partial charge in [-0.25, -0.2) is 9.78 Å². The summed E-state index contributed by atoms with van der Waals surface area (Å²) in [6.07, 6.45) is -3.11. The van der Waals surface area contributed by atoms with E-state index in [4.69, 9.17) is 14.9 Å². The van der Waals surface area contributed by atoms with Crippen LogP contribution in [0.1, 0.15) is 43.8 Å². The van der Waals surface area contributed by atoms with Gasteiger partial charge >= 0.3 is 18.1 Å². The first kappa shape index (κ1) is 25.0. The van der Waals surface area contributed by atoms with Crippen LogP contribution >= 0.6 is 0 Å². The highest BCUT2D eigenvalue weighted by Crippen LogP contribution is 2.43. The van der Waals surface area contributed by atoms with Gasteiger partial charge in [-0.3, -0.25) is 10.2 Å². The Morgan fingerprint density at radius 3 is 2.41 bits per heavy atom. The van der Waals surface area contributed by atoms with Crippen molar-refractivity contribution in [2.45, 2.75) is 39.8 Å². The van der Waals surface area contributed by atoms with E-state index in [1.165, 1.54) is 25.3 Å². The number of esters is 2. The van der Waals surface area contributed by atoms with Crippen molar-refractivity contribution in [1.82, 2.24) is 9.97 Å². The zero-order valence-corrected chi connectivity index (χ0v) is 19.1. The summed E-state index contributed by atoms with van der Waals surface area (Å²) in [5.41, 5.74) is -0.141. The fraction of sp³-hybridized carbons (Fsp3) is 0.391. The summed E-state index contributed by atoms with van der Waals surface area (Å²) in [5, 5.41) is 8.84. The highest BCUT2D eigenvalue weighted by Gasteiger charge is 2.49. The van der Waals surface area contributed by atoms with Crippen molar-refractivity contribution in [1.29, 1.82) is 5.41 Å². The maximum absolute atomic E-state index is 13.4. The first-order valence-electron chi connectivity index (χ1n) is 10.6. The normalized spacial score (nSPS) is 18.8. The Hall–Kier alpha value is -3.63. The van der Waals surface area contributed by atoms with E-state index in [0.29, 0.717) is 5.69 Å². The van der Waals surface area contributed by atoms with E-state index in [0.717, 1.165) is 17.0 Å². The fourth-order valence-electron chi connectivity index (χ4n) is 3.99. The van der Waals surface area contributed by atoms with Gasteiger partial charge in [0.05, 0.1) is 30.3 Å². The van der Waals surface area contributed by atoms with Crippen LogP contribution in [-0.2, 0) is 25.2 Å². The number of imidazole rings is 1. The van der Waals surface area contributed by atoms with E-state index >= 15 is 0 Å². The summed E-state index contributed by atoms with van der Waals surface area (Å²) in [7, 11) is 0. The third-order valence-electron chi connectivity index (χ3n) is 5.39. The number of carbonyl (C=O) groups is 2. The van der Waals surface area contributed by atoms with Crippen molar-refractivity contribution in [3.8, 4) is 0 Å². The molecule has 2 unspecified atom stereocenters. The van der Waals surface area contributed by atoms with E-state index in [1.807, 2.05) is 0 Å². The van der Waals surface area contributed by atoms with Crippen LogP contribution in [0.5, 0.6) is 0 Å². The summed E-state index contributed by atoms with van der Waals surface area (Å²) < 4.78 is 50.6. The van der Waals surface area contributed by atoms with Crippen LogP contribution in [0.15, 0.2) is 41.7 Å². The lowest BCUT2D eigenvalue weighted by Gasteiger charge is -2.39.